The highest BCUT2D eigenvalue weighted by molar-refractivity contribution is 5.84. The van der Waals surface area contributed by atoms with E-state index in [-0.39, 0.29) is 17.4 Å². The number of aromatic nitrogens is 3. The molecule has 20 heavy (non-hydrogen) atoms. The standard InChI is InChI=1S/C14H23N5O/c1-10(12-18-16-9-19(12)2)17-13(20)14-6-4-3-5-11(14)7-15-8-14/h9-11,15H,3-8H2,1-2H3,(H,17,20)/t10?,11-,14+/m0/s1. The van der Waals surface area contributed by atoms with Crippen LogP contribution in [0, 0.1) is 11.3 Å². The molecule has 2 N–H and O–H groups in total. The lowest BCUT2D eigenvalue weighted by Gasteiger charge is -2.37. The van der Waals surface area contributed by atoms with E-state index in [4.69, 9.17) is 0 Å². The largest absolute Gasteiger partial charge is 0.346 e. The Labute approximate surface area is 119 Å². The maximum Gasteiger partial charge on any atom is 0.228 e. The summed E-state index contributed by atoms with van der Waals surface area (Å²) in [5, 5.41) is 14.5. The molecular weight excluding hydrogens is 254 g/mol. The number of nitrogens with zero attached hydrogens (tertiary/aromatic N) is 3. The van der Waals surface area contributed by atoms with Gasteiger partial charge in [0.15, 0.2) is 5.82 Å². The summed E-state index contributed by atoms with van der Waals surface area (Å²) in [6.45, 7) is 3.76. The average Bonchev–Trinajstić information content (AvgIpc) is 3.04. The molecule has 1 aromatic heterocycles. The van der Waals surface area contributed by atoms with Crippen LogP contribution in [-0.4, -0.2) is 33.8 Å². The Morgan fingerprint density at radius 2 is 2.45 bits per heavy atom. The third kappa shape index (κ3) is 2.12. The monoisotopic (exact) mass is 277 g/mol. The average molecular weight is 277 g/mol. The molecule has 1 amide bonds. The van der Waals surface area contributed by atoms with E-state index in [2.05, 4.69) is 20.8 Å². The van der Waals surface area contributed by atoms with Crippen LogP contribution in [0.2, 0.25) is 0 Å². The minimum atomic E-state index is -0.203. The molecule has 0 bridgehead atoms. The molecule has 6 heteroatoms. The summed E-state index contributed by atoms with van der Waals surface area (Å²) in [5.74, 6) is 1.47. The van der Waals surface area contributed by atoms with Crippen molar-refractivity contribution in [1.29, 1.82) is 0 Å². The van der Waals surface area contributed by atoms with E-state index in [0.29, 0.717) is 5.92 Å². The van der Waals surface area contributed by atoms with E-state index in [1.54, 1.807) is 6.33 Å². The number of carbonyl (C=O) groups excluding carboxylic acids is 1. The van der Waals surface area contributed by atoms with Crippen molar-refractivity contribution in [2.75, 3.05) is 13.1 Å². The number of aryl methyl sites for hydroxylation is 1. The van der Waals surface area contributed by atoms with Gasteiger partial charge in [-0.15, -0.1) is 10.2 Å². The van der Waals surface area contributed by atoms with Crippen LogP contribution in [-0.2, 0) is 11.8 Å². The van der Waals surface area contributed by atoms with Gasteiger partial charge >= 0.3 is 0 Å². The van der Waals surface area contributed by atoms with Gasteiger partial charge in [-0.1, -0.05) is 12.8 Å². The smallest absolute Gasteiger partial charge is 0.228 e. The molecule has 1 aliphatic heterocycles. The molecule has 3 rings (SSSR count). The zero-order valence-corrected chi connectivity index (χ0v) is 12.2. The van der Waals surface area contributed by atoms with Gasteiger partial charge in [0, 0.05) is 13.6 Å². The van der Waals surface area contributed by atoms with Gasteiger partial charge < -0.3 is 15.2 Å². The van der Waals surface area contributed by atoms with E-state index < -0.39 is 0 Å². The third-order valence-corrected chi connectivity index (χ3v) is 4.97. The molecule has 0 spiro atoms. The number of carbonyl (C=O) groups is 1. The molecule has 6 nitrogen and oxygen atoms in total. The van der Waals surface area contributed by atoms with E-state index in [0.717, 1.165) is 31.8 Å². The number of nitrogens with one attached hydrogen (secondary N) is 2. The lowest BCUT2D eigenvalue weighted by Crippen LogP contribution is -2.48. The summed E-state index contributed by atoms with van der Waals surface area (Å²) < 4.78 is 1.86. The minimum Gasteiger partial charge on any atom is -0.346 e. The Kier molecular flexibility index (Phi) is 3.50. The van der Waals surface area contributed by atoms with Crippen molar-refractivity contribution in [3.05, 3.63) is 12.2 Å². The fourth-order valence-corrected chi connectivity index (χ4v) is 3.78. The number of hydrogen-bond donors (Lipinski definition) is 2. The molecule has 1 saturated carbocycles. The highest BCUT2D eigenvalue weighted by atomic mass is 16.2. The first-order valence-electron chi connectivity index (χ1n) is 7.49. The second kappa shape index (κ2) is 5.16. The first-order chi connectivity index (χ1) is 9.63. The van der Waals surface area contributed by atoms with Crippen molar-refractivity contribution in [2.45, 2.75) is 38.6 Å². The summed E-state index contributed by atoms with van der Waals surface area (Å²) >= 11 is 0. The second-order valence-electron chi connectivity index (χ2n) is 6.22. The molecule has 1 saturated heterocycles. The Balaban J connectivity index is 1.74. The van der Waals surface area contributed by atoms with Crippen LogP contribution in [0.15, 0.2) is 6.33 Å². The van der Waals surface area contributed by atoms with Gasteiger partial charge in [0.05, 0.1) is 11.5 Å². The molecule has 1 aromatic rings. The van der Waals surface area contributed by atoms with Crippen LogP contribution in [0.4, 0.5) is 0 Å². The molecule has 2 heterocycles. The van der Waals surface area contributed by atoms with Crippen molar-refractivity contribution in [1.82, 2.24) is 25.4 Å². The van der Waals surface area contributed by atoms with Crippen LogP contribution < -0.4 is 10.6 Å². The SMILES string of the molecule is CC(NC(=O)[C@@]12CCCC[C@H]1CNC2)c1nncn1C. The minimum absolute atomic E-state index is 0.104. The molecule has 3 atom stereocenters. The number of hydrogen-bond acceptors (Lipinski definition) is 4. The quantitative estimate of drug-likeness (QED) is 0.856. The fourth-order valence-electron chi connectivity index (χ4n) is 3.78. The normalized spacial score (nSPS) is 30.8. The summed E-state index contributed by atoms with van der Waals surface area (Å²) in [7, 11) is 1.90. The lowest BCUT2D eigenvalue weighted by molar-refractivity contribution is -0.134. The van der Waals surface area contributed by atoms with Crippen molar-refractivity contribution in [3.8, 4) is 0 Å². The summed E-state index contributed by atoms with van der Waals surface area (Å²) in [6.07, 6.45) is 6.24. The molecule has 2 aliphatic rings. The number of rotatable bonds is 3. The van der Waals surface area contributed by atoms with Crippen molar-refractivity contribution in [3.63, 3.8) is 0 Å². The van der Waals surface area contributed by atoms with Gasteiger partial charge in [-0.05, 0) is 32.2 Å². The highest BCUT2D eigenvalue weighted by Crippen LogP contribution is 2.44. The van der Waals surface area contributed by atoms with Crippen molar-refractivity contribution in [2.24, 2.45) is 18.4 Å². The zero-order valence-electron chi connectivity index (χ0n) is 12.2. The Morgan fingerprint density at radius 1 is 1.60 bits per heavy atom. The molecule has 110 valence electrons. The van der Waals surface area contributed by atoms with Crippen LogP contribution in [0.3, 0.4) is 0 Å². The predicted molar refractivity (Wildman–Crippen MR) is 74.8 cm³/mol. The Bertz CT molecular complexity index is 500. The molecule has 1 unspecified atom stereocenters. The summed E-state index contributed by atoms with van der Waals surface area (Å²) in [4.78, 5) is 12.8. The number of amides is 1. The van der Waals surface area contributed by atoms with E-state index >= 15 is 0 Å². The fraction of sp³-hybridized carbons (Fsp3) is 0.786. The topological polar surface area (TPSA) is 71.8 Å². The first-order valence-corrected chi connectivity index (χ1v) is 7.49. The van der Waals surface area contributed by atoms with Crippen LogP contribution in [0.1, 0.15) is 44.5 Å². The van der Waals surface area contributed by atoms with Gasteiger partial charge in [0.2, 0.25) is 5.91 Å². The molecular formula is C14H23N5O. The third-order valence-electron chi connectivity index (χ3n) is 4.97. The lowest BCUT2D eigenvalue weighted by atomic mass is 9.67. The molecule has 1 aliphatic carbocycles. The molecule has 0 aromatic carbocycles. The summed E-state index contributed by atoms with van der Waals surface area (Å²) in [5.41, 5.74) is -0.203. The zero-order chi connectivity index (χ0) is 14.2. The Morgan fingerprint density at radius 3 is 3.20 bits per heavy atom. The van der Waals surface area contributed by atoms with Gasteiger partial charge in [-0.3, -0.25) is 4.79 Å². The van der Waals surface area contributed by atoms with Crippen LogP contribution in [0.5, 0.6) is 0 Å². The van der Waals surface area contributed by atoms with E-state index in [9.17, 15) is 4.79 Å². The molecule has 0 radical (unpaired) electrons. The maximum absolute atomic E-state index is 12.8. The predicted octanol–water partition coefficient (Wildman–Crippen LogP) is 0.772. The van der Waals surface area contributed by atoms with Gasteiger partial charge in [-0.25, -0.2) is 0 Å². The van der Waals surface area contributed by atoms with Gasteiger partial charge in [0.1, 0.15) is 6.33 Å². The van der Waals surface area contributed by atoms with Gasteiger partial charge in [0.25, 0.3) is 0 Å². The van der Waals surface area contributed by atoms with Gasteiger partial charge in [-0.2, -0.15) is 0 Å². The summed E-state index contributed by atoms with van der Waals surface area (Å²) in [6, 6.07) is -0.104. The van der Waals surface area contributed by atoms with Crippen LogP contribution in [0.25, 0.3) is 0 Å². The first kappa shape index (κ1) is 13.5. The second-order valence-corrected chi connectivity index (χ2v) is 6.22. The van der Waals surface area contributed by atoms with Crippen molar-refractivity contribution >= 4 is 5.91 Å². The van der Waals surface area contributed by atoms with Crippen molar-refractivity contribution < 1.29 is 4.79 Å². The number of fused-ring (bicyclic) bond motifs is 1. The Hall–Kier alpha value is -1.43. The van der Waals surface area contributed by atoms with E-state index in [1.807, 2.05) is 18.5 Å². The van der Waals surface area contributed by atoms with Crippen LogP contribution >= 0.6 is 0 Å². The highest BCUT2D eigenvalue weighted by Gasteiger charge is 2.50. The van der Waals surface area contributed by atoms with E-state index in [1.165, 1.54) is 12.8 Å². The molecule has 2 fully saturated rings. The maximum atomic E-state index is 12.8.